The van der Waals surface area contributed by atoms with Crippen LogP contribution in [0.4, 0.5) is 26.3 Å². The third-order valence-corrected chi connectivity index (χ3v) is 6.19. The van der Waals surface area contributed by atoms with Crippen LogP contribution in [0, 0.1) is 29.8 Å². The number of nitrogens with one attached hydrogen (secondary N) is 1. The molecule has 0 bridgehead atoms. The van der Waals surface area contributed by atoms with E-state index in [1.165, 1.54) is 24.4 Å². The molecule has 236 valence electrons. The third-order valence-electron chi connectivity index (χ3n) is 6.19. The monoisotopic (exact) mass is 624 g/mol. The molecule has 0 aliphatic rings. The number of benzene rings is 3. The summed E-state index contributed by atoms with van der Waals surface area (Å²) in [5.74, 6) is -5.38. The molecule has 0 aromatic heterocycles. The number of hydrogen-bond acceptors (Lipinski definition) is 3. The molecule has 0 unspecified atom stereocenters. The van der Waals surface area contributed by atoms with Crippen LogP contribution in [-0.2, 0) is 12.5 Å². The van der Waals surface area contributed by atoms with E-state index in [0.29, 0.717) is 12.1 Å². The fourth-order valence-electron chi connectivity index (χ4n) is 3.84. The lowest BCUT2D eigenvalue weighted by atomic mass is 10.00. The first-order valence-corrected chi connectivity index (χ1v) is 13.8. The maximum absolute atomic E-state index is 14.9. The molecule has 0 saturated carbocycles. The lowest BCUT2D eigenvalue weighted by Gasteiger charge is -2.19. The first-order valence-electron chi connectivity index (χ1n) is 13.8. The Bertz CT molecular complexity index is 1590. The summed E-state index contributed by atoms with van der Waals surface area (Å²) in [7, 11) is 0. The van der Waals surface area contributed by atoms with Gasteiger partial charge in [0, 0.05) is 24.1 Å². The molecule has 45 heavy (non-hydrogen) atoms. The Kier molecular flexibility index (Phi) is 14.5. The van der Waals surface area contributed by atoms with Gasteiger partial charge in [0.25, 0.3) is 0 Å². The fourth-order valence-corrected chi connectivity index (χ4v) is 3.84. The quantitative estimate of drug-likeness (QED) is 0.0875. The summed E-state index contributed by atoms with van der Waals surface area (Å²) in [6, 6.07) is 11.9. The highest BCUT2D eigenvalue weighted by molar-refractivity contribution is 5.78. The standard InChI is InChI=1S/C27H20F6O.C9H14N2/c1-3-4-21(23(28)13-9-18-7-5-17(2)6-8-18)19-10-12-22(25(30)15-19)27(32,33)34-20-11-14-24(29)26(31)16-20;1-3-4-5-6-9(7-10)8-11-2/h3-8,10-16H,1,9H2,2H3;3-4,7-8,10H,2,5-6H2,1H3/b21-4-,23-13+;4-3+,9-8-,10-7?. The zero-order valence-corrected chi connectivity index (χ0v) is 25.0. The van der Waals surface area contributed by atoms with Crippen molar-refractivity contribution in [3.63, 3.8) is 0 Å². The molecule has 0 amide bonds. The van der Waals surface area contributed by atoms with E-state index in [2.05, 4.69) is 29.1 Å². The van der Waals surface area contributed by atoms with Crippen LogP contribution in [0.5, 0.6) is 5.75 Å². The van der Waals surface area contributed by atoms with Crippen LogP contribution in [0.1, 0.15) is 42.0 Å². The number of aliphatic imine (C=N–C) groups is 1. The fraction of sp³-hybridized carbons (Fsp3) is 0.167. The zero-order chi connectivity index (χ0) is 33.4. The maximum Gasteiger partial charge on any atom is 0.429 e. The summed E-state index contributed by atoms with van der Waals surface area (Å²) in [6.45, 7) is 10.8. The zero-order valence-electron chi connectivity index (χ0n) is 25.0. The minimum atomic E-state index is -4.20. The molecular weight excluding hydrogens is 590 g/mol. The summed E-state index contributed by atoms with van der Waals surface area (Å²) in [5.41, 5.74) is 1.64. The average molecular weight is 625 g/mol. The molecule has 0 radical (unpaired) electrons. The van der Waals surface area contributed by atoms with Crippen LogP contribution < -0.4 is 4.74 Å². The molecule has 0 fully saturated rings. The van der Waals surface area contributed by atoms with Crippen molar-refractivity contribution in [2.24, 2.45) is 4.99 Å². The van der Waals surface area contributed by atoms with Crippen molar-refractivity contribution in [1.82, 2.24) is 0 Å². The number of rotatable bonds is 13. The van der Waals surface area contributed by atoms with Gasteiger partial charge in [-0.15, -0.1) is 0 Å². The molecule has 0 heterocycles. The smallest absolute Gasteiger partial charge is 0.429 e. The van der Waals surface area contributed by atoms with Crippen molar-refractivity contribution < 1.29 is 31.1 Å². The second-order valence-corrected chi connectivity index (χ2v) is 9.59. The largest absolute Gasteiger partial charge is 0.429 e. The van der Waals surface area contributed by atoms with Crippen molar-refractivity contribution in [2.75, 3.05) is 0 Å². The number of hydrogen-bond donors (Lipinski definition) is 1. The van der Waals surface area contributed by atoms with Crippen molar-refractivity contribution in [2.45, 2.75) is 39.2 Å². The van der Waals surface area contributed by atoms with Gasteiger partial charge in [0.05, 0.1) is 5.56 Å². The minimum Gasteiger partial charge on any atom is -0.429 e. The van der Waals surface area contributed by atoms with Gasteiger partial charge in [0.15, 0.2) is 11.6 Å². The van der Waals surface area contributed by atoms with Crippen LogP contribution in [0.3, 0.4) is 0 Å². The average Bonchev–Trinajstić information content (AvgIpc) is 3.01. The lowest BCUT2D eigenvalue weighted by molar-refractivity contribution is -0.187. The highest BCUT2D eigenvalue weighted by Gasteiger charge is 2.38. The Morgan fingerprint density at radius 2 is 1.69 bits per heavy atom. The van der Waals surface area contributed by atoms with E-state index >= 15 is 0 Å². The van der Waals surface area contributed by atoms with E-state index in [1.54, 1.807) is 6.20 Å². The van der Waals surface area contributed by atoms with E-state index < -0.39 is 40.7 Å². The predicted octanol–water partition coefficient (Wildman–Crippen LogP) is 10.8. The van der Waals surface area contributed by atoms with Crippen molar-refractivity contribution in [1.29, 1.82) is 5.41 Å². The van der Waals surface area contributed by atoms with Crippen molar-refractivity contribution in [3.05, 3.63) is 155 Å². The molecule has 0 atom stereocenters. The van der Waals surface area contributed by atoms with Gasteiger partial charge in [-0.3, -0.25) is 4.99 Å². The molecule has 9 heteroatoms. The summed E-state index contributed by atoms with van der Waals surface area (Å²) >= 11 is 0. The molecular formula is C36H34F6N2O. The van der Waals surface area contributed by atoms with E-state index in [9.17, 15) is 26.3 Å². The van der Waals surface area contributed by atoms with Gasteiger partial charge in [0.2, 0.25) is 0 Å². The van der Waals surface area contributed by atoms with Gasteiger partial charge in [0.1, 0.15) is 17.4 Å². The highest BCUT2D eigenvalue weighted by atomic mass is 19.3. The highest BCUT2D eigenvalue weighted by Crippen LogP contribution is 2.35. The van der Waals surface area contributed by atoms with Gasteiger partial charge < -0.3 is 10.1 Å². The van der Waals surface area contributed by atoms with Gasteiger partial charge in [-0.1, -0.05) is 66.8 Å². The second kappa shape index (κ2) is 18.0. The number of ether oxygens (including phenoxy) is 1. The molecule has 0 spiro atoms. The van der Waals surface area contributed by atoms with Crippen LogP contribution in [0.2, 0.25) is 0 Å². The van der Waals surface area contributed by atoms with Crippen molar-refractivity contribution in [3.8, 4) is 5.75 Å². The van der Waals surface area contributed by atoms with Crippen LogP contribution in [-0.4, -0.2) is 12.9 Å². The first kappa shape index (κ1) is 36.3. The van der Waals surface area contributed by atoms with E-state index in [-0.39, 0.29) is 17.6 Å². The Hall–Kier alpha value is -4.92. The number of alkyl halides is 2. The normalized spacial score (nSPS) is 12.4. The minimum absolute atomic E-state index is 0.00225. The molecule has 3 aromatic rings. The van der Waals surface area contributed by atoms with Crippen molar-refractivity contribution >= 4 is 18.5 Å². The number of aryl methyl sites for hydroxylation is 1. The van der Waals surface area contributed by atoms with E-state index in [0.717, 1.165) is 53.8 Å². The number of halogens is 6. The number of nitrogens with zero attached hydrogens (tertiary/aromatic N) is 1. The summed E-state index contributed by atoms with van der Waals surface area (Å²) in [6.07, 6.45) is 8.80. The summed E-state index contributed by atoms with van der Waals surface area (Å²) in [5, 5.41) is 6.99. The van der Waals surface area contributed by atoms with Crippen LogP contribution in [0.15, 0.2) is 120 Å². The predicted molar refractivity (Wildman–Crippen MR) is 170 cm³/mol. The van der Waals surface area contributed by atoms with Gasteiger partial charge in [-0.25, -0.2) is 17.6 Å². The Balaban J connectivity index is 0.000000547. The summed E-state index contributed by atoms with van der Waals surface area (Å²) < 4.78 is 89.3. The number of allylic oxidation sites excluding steroid dienone is 8. The molecule has 0 aliphatic carbocycles. The van der Waals surface area contributed by atoms with Gasteiger partial charge >= 0.3 is 6.11 Å². The SMILES string of the molecule is C=C/C=C(\C(F)=C/Cc1ccc(C)cc1)c1ccc(C(F)(F)Oc2ccc(F)c(F)c2)c(F)c1.C=N/C=C(\C=N)CC/C=C/C. The van der Waals surface area contributed by atoms with Gasteiger partial charge in [-0.2, -0.15) is 8.78 Å². The van der Waals surface area contributed by atoms with Crippen LogP contribution >= 0.6 is 0 Å². The maximum atomic E-state index is 14.9. The second-order valence-electron chi connectivity index (χ2n) is 9.59. The molecule has 3 nitrogen and oxygen atoms in total. The van der Waals surface area contributed by atoms with E-state index in [1.807, 2.05) is 44.2 Å². The molecule has 0 saturated heterocycles. The lowest BCUT2D eigenvalue weighted by Crippen LogP contribution is -2.23. The Morgan fingerprint density at radius 3 is 2.27 bits per heavy atom. The Labute approximate surface area is 259 Å². The molecule has 3 aromatic carbocycles. The molecule has 3 rings (SSSR count). The third kappa shape index (κ3) is 11.6. The Morgan fingerprint density at radius 1 is 0.978 bits per heavy atom. The molecule has 1 N–H and O–H groups in total. The molecule has 0 aliphatic heterocycles. The first-order chi connectivity index (χ1) is 21.4. The van der Waals surface area contributed by atoms with Crippen LogP contribution in [0.25, 0.3) is 5.57 Å². The van der Waals surface area contributed by atoms with E-state index in [4.69, 9.17) is 5.41 Å². The van der Waals surface area contributed by atoms with Gasteiger partial charge in [-0.05, 0) is 86.9 Å². The summed E-state index contributed by atoms with van der Waals surface area (Å²) in [4.78, 5) is 3.60. The topological polar surface area (TPSA) is 45.4 Å².